The predicted octanol–water partition coefficient (Wildman–Crippen LogP) is 1.96. The van der Waals surface area contributed by atoms with Gasteiger partial charge in [0, 0.05) is 11.9 Å². The third kappa shape index (κ3) is 1.21. The molecular weight excluding hydrogens is 200 g/mol. The van der Waals surface area contributed by atoms with Crippen LogP contribution >= 0.6 is 11.3 Å². The number of carbonyl (C=O) groups is 1. The fourth-order valence-corrected chi connectivity index (χ4v) is 2.33. The summed E-state index contributed by atoms with van der Waals surface area (Å²) in [4.78, 5) is 16.3. The molecule has 0 radical (unpaired) electrons. The van der Waals surface area contributed by atoms with Crippen molar-refractivity contribution >= 4 is 22.3 Å². The largest absolute Gasteiger partial charge is 0.477 e. The van der Waals surface area contributed by atoms with Crippen molar-refractivity contribution in [1.29, 1.82) is 0 Å². The summed E-state index contributed by atoms with van der Waals surface area (Å²) in [5, 5.41) is 8.88. The van der Waals surface area contributed by atoms with Crippen LogP contribution in [-0.4, -0.2) is 20.5 Å². The van der Waals surface area contributed by atoms with Crippen molar-refractivity contribution in [2.75, 3.05) is 0 Å². The van der Waals surface area contributed by atoms with E-state index in [1.807, 2.05) is 17.5 Å². The van der Waals surface area contributed by atoms with Gasteiger partial charge < -0.3 is 5.11 Å². The predicted molar refractivity (Wildman–Crippen MR) is 54.1 cm³/mol. The van der Waals surface area contributed by atoms with Gasteiger partial charge in [0.15, 0.2) is 4.96 Å². The number of nitrogens with zero attached hydrogens (tertiary/aromatic N) is 2. The van der Waals surface area contributed by atoms with E-state index in [9.17, 15) is 4.79 Å². The van der Waals surface area contributed by atoms with Gasteiger partial charge in [-0.2, -0.15) is 0 Å². The molecular formula is C9H10N2O2S. The number of aromatic carboxylic acids is 1. The minimum absolute atomic E-state index is 0.371. The highest BCUT2D eigenvalue weighted by molar-refractivity contribution is 7.18. The van der Waals surface area contributed by atoms with E-state index in [-0.39, 0.29) is 0 Å². The lowest BCUT2D eigenvalue weighted by Gasteiger charge is -1.91. The number of aryl methyl sites for hydroxylation is 2. The molecule has 0 atom stereocenters. The van der Waals surface area contributed by atoms with E-state index in [1.165, 1.54) is 11.3 Å². The molecule has 2 aromatic heterocycles. The van der Waals surface area contributed by atoms with E-state index in [0.29, 0.717) is 4.88 Å². The number of rotatable bonds is 2. The lowest BCUT2D eigenvalue weighted by Crippen LogP contribution is -1.96. The molecule has 2 rings (SSSR count). The fourth-order valence-electron chi connectivity index (χ4n) is 1.37. The Morgan fingerprint density at radius 1 is 1.71 bits per heavy atom. The number of carboxylic acid groups (broad SMARTS) is 1. The van der Waals surface area contributed by atoms with Crippen molar-refractivity contribution in [3.63, 3.8) is 0 Å². The van der Waals surface area contributed by atoms with Gasteiger partial charge in [-0.15, -0.1) is 0 Å². The Balaban J connectivity index is 2.66. The summed E-state index contributed by atoms with van der Waals surface area (Å²) in [7, 11) is 0. The van der Waals surface area contributed by atoms with Crippen LogP contribution in [0.25, 0.3) is 4.96 Å². The molecule has 14 heavy (non-hydrogen) atoms. The fraction of sp³-hybridized carbons (Fsp3) is 0.333. The van der Waals surface area contributed by atoms with E-state index in [1.54, 1.807) is 6.92 Å². The zero-order valence-corrected chi connectivity index (χ0v) is 8.76. The Bertz CT molecular complexity index is 498. The normalized spacial score (nSPS) is 11.0. The molecule has 0 amide bonds. The number of aromatic nitrogens is 2. The molecule has 0 fully saturated rings. The minimum Gasteiger partial charge on any atom is -0.477 e. The molecule has 5 heteroatoms. The summed E-state index contributed by atoms with van der Waals surface area (Å²) >= 11 is 1.22. The van der Waals surface area contributed by atoms with Crippen molar-refractivity contribution in [2.24, 2.45) is 0 Å². The molecule has 0 aliphatic carbocycles. The van der Waals surface area contributed by atoms with Gasteiger partial charge in [-0.3, -0.25) is 4.40 Å². The van der Waals surface area contributed by atoms with Crippen LogP contribution in [0.1, 0.15) is 28.0 Å². The van der Waals surface area contributed by atoms with E-state index < -0.39 is 5.97 Å². The van der Waals surface area contributed by atoms with Crippen molar-refractivity contribution in [3.05, 3.63) is 22.5 Å². The summed E-state index contributed by atoms with van der Waals surface area (Å²) in [6, 6.07) is 0. The third-order valence-electron chi connectivity index (χ3n) is 2.16. The number of imidazole rings is 1. The minimum atomic E-state index is -0.879. The Morgan fingerprint density at radius 2 is 2.43 bits per heavy atom. The van der Waals surface area contributed by atoms with Crippen LogP contribution in [0.15, 0.2) is 6.20 Å². The molecule has 0 aromatic carbocycles. The van der Waals surface area contributed by atoms with Gasteiger partial charge in [-0.1, -0.05) is 18.3 Å². The zero-order chi connectivity index (χ0) is 10.3. The second-order valence-corrected chi connectivity index (χ2v) is 4.04. The summed E-state index contributed by atoms with van der Waals surface area (Å²) in [5.74, 6) is -0.879. The van der Waals surface area contributed by atoms with E-state index in [0.717, 1.165) is 22.8 Å². The van der Waals surface area contributed by atoms with Gasteiger partial charge in [0.25, 0.3) is 0 Å². The first-order chi connectivity index (χ1) is 6.63. The van der Waals surface area contributed by atoms with E-state index in [4.69, 9.17) is 5.11 Å². The Kier molecular flexibility index (Phi) is 2.03. The van der Waals surface area contributed by atoms with Crippen molar-refractivity contribution in [2.45, 2.75) is 20.3 Å². The maximum atomic E-state index is 10.8. The van der Waals surface area contributed by atoms with Gasteiger partial charge in [0.1, 0.15) is 4.88 Å². The van der Waals surface area contributed by atoms with Gasteiger partial charge in [-0.05, 0) is 13.3 Å². The monoisotopic (exact) mass is 210 g/mol. The molecule has 0 saturated carbocycles. The molecule has 0 spiro atoms. The van der Waals surface area contributed by atoms with Gasteiger partial charge in [0.2, 0.25) is 0 Å². The lowest BCUT2D eigenvalue weighted by atomic mass is 10.4. The SMILES string of the molecule is CCc1cn2c(C)c(C(=O)O)sc2n1. The number of fused-ring (bicyclic) bond motifs is 1. The first kappa shape index (κ1) is 9.21. The topological polar surface area (TPSA) is 54.6 Å². The van der Waals surface area contributed by atoms with Crippen molar-refractivity contribution in [1.82, 2.24) is 9.38 Å². The highest BCUT2D eigenvalue weighted by Crippen LogP contribution is 2.22. The van der Waals surface area contributed by atoms with Gasteiger partial charge >= 0.3 is 5.97 Å². The van der Waals surface area contributed by atoms with Crippen LogP contribution < -0.4 is 0 Å². The molecule has 74 valence electrons. The van der Waals surface area contributed by atoms with Crippen molar-refractivity contribution in [3.8, 4) is 0 Å². The Morgan fingerprint density at radius 3 is 2.93 bits per heavy atom. The average molecular weight is 210 g/mol. The summed E-state index contributed by atoms with van der Waals surface area (Å²) in [6.45, 7) is 3.83. The maximum absolute atomic E-state index is 10.8. The summed E-state index contributed by atoms with van der Waals surface area (Å²) in [5.41, 5.74) is 1.75. The van der Waals surface area contributed by atoms with Crippen LogP contribution in [-0.2, 0) is 6.42 Å². The molecule has 0 saturated heterocycles. The molecule has 2 heterocycles. The molecule has 0 unspecified atom stereocenters. The number of thiazole rings is 1. The van der Waals surface area contributed by atoms with E-state index >= 15 is 0 Å². The second-order valence-electron chi connectivity index (χ2n) is 3.06. The highest BCUT2D eigenvalue weighted by atomic mass is 32.1. The summed E-state index contributed by atoms with van der Waals surface area (Å²) in [6.07, 6.45) is 2.77. The molecule has 0 aliphatic heterocycles. The van der Waals surface area contributed by atoms with Gasteiger partial charge in [-0.25, -0.2) is 9.78 Å². The molecule has 2 aromatic rings. The molecule has 0 bridgehead atoms. The first-order valence-electron chi connectivity index (χ1n) is 4.34. The molecule has 4 nitrogen and oxygen atoms in total. The number of carboxylic acids is 1. The first-order valence-corrected chi connectivity index (χ1v) is 5.15. The average Bonchev–Trinajstić information content (AvgIpc) is 2.65. The maximum Gasteiger partial charge on any atom is 0.347 e. The van der Waals surface area contributed by atoms with Crippen LogP contribution in [0.3, 0.4) is 0 Å². The smallest absolute Gasteiger partial charge is 0.347 e. The standard InChI is InChI=1S/C9H10N2O2S/c1-3-6-4-11-5(2)7(8(12)13)14-9(11)10-6/h4H,3H2,1-2H3,(H,12,13). The second kappa shape index (κ2) is 3.09. The van der Waals surface area contributed by atoms with Crippen LogP contribution in [0.2, 0.25) is 0 Å². The van der Waals surface area contributed by atoms with Crippen LogP contribution in [0, 0.1) is 6.92 Å². The Labute approximate surface area is 84.8 Å². The molecule has 0 aliphatic rings. The van der Waals surface area contributed by atoms with Gasteiger partial charge in [0.05, 0.1) is 5.69 Å². The third-order valence-corrected chi connectivity index (χ3v) is 3.31. The highest BCUT2D eigenvalue weighted by Gasteiger charge is 2.15. The van der Waals surface area contributed by atoms with Crippen LogP contribution in [0.4, 0.5) is 0 Å². The molecule has 1 N–H and O–H groups in total. The number of hydrogen-bond acceptors (Lipinski definition) is 3. The Hall–Kier alpha value is -1.36. The van der Waals surface area contributed by atoms with Crippen molar-refractivity contribution < 1.29 is 9.90 Å². The van der Waals surface area contributed by atoms with E-state index in [2.05, 4.69) is 4.98 Å². The number of hydrogen-bond donors (Lipinski definition) is 1. The summed E-state index contributed by atoms with van der Waals surface area (Å²) < 4.78 is 1.84. The zero-order valence-electron chi connectivity index (χ0n) is 7.94. The lowest BCUT2D eigenvalue weighted by molar-refractivity contribution is 0.0701. The quantitative estimate of drug-likeness (QED) is 0.824. The van der Waals surface area contributed by atoms with Crippen LogP contribution in [0.5, 0.6) is 0 Å².